The highest BCUT2D eigenvalue weighted by Crippen LogP contribution is 2.28. The van der Waals surface area contributed by atoms with Crippen LogP contribution in [0.2, 0.25) is 0 Å². The molecule has 1 aromatic rings. The molecule has 2 N–H and O–H groups in total. The van der Waals surface area contributed by atoms with Crippen molar-refractivity contribution in [1.82, 2.24) is 4.98 Å². The van der Waals surface area contributed by atoms with Gasteiger partial charge in [-0.15, -0.1) is 0 Å². The first-order valence-electron chi connectivity index (χ1n) is 7.16. The van der Waals surface area contributed by atoms with Crippen LogP contribution in [-0.2, 0) is 6.42 Å². The minimum atomic E-state index is -0.892. The van der Waals surface area contributed by atoms with Crippen molar-refractivity contribution < 1.29 is 9.90 Å². The molecule has 0 saturated heterocycles. The van der Waals surface area contributed by atoms with E-state index in [2.05, 4.69) is 16.6 Å². The first-order valence-corrected chi connectivity index (χ1v) is 8.44. The van der Waals surface area contributed by atoms with Gasteiger partial charge in [0, 0.05) is 17.0 Å². The summed E-state index contributed by atoms with van der Waals surface area (Å²) in [7, 11) is 0. The van der Waals surface area contributed by atoms with E-state index in [0.29, 0.717) is 17.4 Å². The summed E-state index contributed by atoms with van der Waals surface area (Å²) in [6.07, 6.45) is 7.62. The highest BCUT2D eigenvalue weighted by Gasteiger charge is 2.21. The van der Waals surface area contributed by atoms with Gasteiger partial charge in [0.25, 0.3) is 0 Å². The van der Waals surface area contributed by atoms with Gasteiger partial charge in [-0.05, 0) is 50.5 Å². The zero-order valence-corrected chi connectivity index (χ0v) is 12.9. The van der Waals surface area contributed by atoms with Crippen LogP contribution in [0, 0.1) is 0 Å². The van der Waals surface area contributed by atoms with E-state index in [1.807, 2.05) is 18.7 Å². The molecule has 0 atom stereocenters. The molecule has 0 bridgehead atoms. The Balaban J connectivity index is 2.05. The van der Waals surface area contributed by atoms with Gasteiger partial charge in [0.2, 0.25) is 0 Å². The van der Waals surface area contributed by atoms with Crippen LogP contribution in [0.25, 0.3) is 0 Å². The summed E-state index contributed by atoms with van der Waals surface area (Å²) < 4.78 is 0. The van der Waals surface area contributed by atoms with Gasteiger partial charge in [-0.2, -0.15) is 11.8 Å². The number of carbonyl (C=O) groups is 1. The fourth-order valence-corrected chi connectivity index (χ4v) is 3.36. The number of aromatic carboxylic acids is 1. The Morgan fingerprint density at radius 3 is 2.65 bits per heavy atom. The van der Waals surface area contributed by atoms with Crippen LogP contribution in [0.15, 0.2) is 12.1 Å². The Bertz CT molecular complexity index is 471. The second-order valence-electron chi connectivity index (χ2n) is 5.24. The van der Waals surface area contributed by atoms with Crippen molar-refractivity contribution in [1.29, 1.82) is 0 Å². The van der Waals surface area contributed by atoms with Crippen molar-refractivity contribution in [3.05, 3.63) is 23.4 Å². The number of nitrogens with one attached hydrogen (secondary N) is 1. The summed E-state index contributed by atoms with van der Waals surface area (Å²) in [6, 6.07) is 3.71. The highest BCUT2D eigenvalue weighted by atomic mass is 32.2. The average molecular weight is 294 g/mol. The molecule has 1 aromatic heterocycles. The quantitative estimate of drug-likeness (QED) is 0.871. The summed E-state index contributed by atoms with van der Waals surface area (Å²) in [5, 5.41) is 13.3. The lowest BCUT2D eigenvalue weighted by Crippen LogP contribution is -2.27. The predicted molar refractivity (Wildman–Crippen MR) is 83.8 cm³/mol. The van der Waals surface area contributed by atoms with Crippen LogP contribution in [0.5, 0.6) is 0 Å². The Hall–Kier alpha value is -1.23. The lowest BCUT2D eigenvalue weighted by molar-refractivity contribution is 0.0696. The highest BCUT2D eigenvalue weighted by molar-refractivity contribution is 7.99. The largest absolute Gasteiger partial charge is 0.478 e. The third kappa shape index (κ3) is 3.88. The van der Waals surface area contributed by atoms with Crippen molar-refractivity contribution in [3.8, 4) is 0 Å². The minimum absolute atomic E-state index is 0.317. The molecule has 0 radical (unpaired) electrons. The predicted octanol–water partition coefficient (Wildman–Crippen LogP) is 3.43. The molecule has 20 heavy (non-hydrogen) atoms. The van der Waals surface area contributed by atoms with Crippen molar-refractivity contribution in [2.75, 3.05) is 11.6 Å². The van der Waals surface area contributed by atoms with Crippen molar-refractivity contribution in [2.24, 2.45) is 0 Å². The number of pyridine rings is 1. The topological polar surface area (TPSA) is 62.2 Å². The van der Waals surface area contributed by atoms with Crippen LogP contribution in [0.4, 0.5) is 5.82 Å². The Labute approximate surface area is 124 Å². The number of hydrogen-bond donors (Lipinski definition) is 2. The zero-order chi connectivity index (χ0) is 14.5. The molecule has 0 aliphatic heterocycles. The standard InChI is InChI=1S/C15H22N2O2S/c1-3-11-8-10(15(18)19)9-14(16-11)17-12-4-6-13(20-2)7-5-12/h8-9,12-13H,3-7H2,1-2H3,(H,16,17)(H,18,19). The molecule has 0 aromatic carbocycles. The van der Waals surface area contributed by atoms with E-state index in [4.69, 9.17) is 5.11 Å². The molecular formula is C15H22N2O2S. The number of hydrogen-bond acceptors (Lipinski definition) is 4. The average Bonchev–Trinajstić information content (AvgIpc) is 2.47. The smallest absolute Gasteiger partial charge is 0.335 e. The molecule has 0 amide bonds. The SMILES string of the molecule is CCc1cc(C(=O)O)cc(NC2CCC(SC)CC2)n1. The van der Waals surface area contributed by atoms with Gasteiger partial charge in [0.1, 0.15) is 5.82 Å². The number of carboxylic acids is 1. The van der Waals surface area contributed by atoms with E-state index < -0.39 is 5.97 Å². The second-order valence-corrected chi connectivity index (χ2v) is 6.38. The fourth-order valence-electron chi connectivity index (χ4n) is 2.62. The molecule has 1 fully saturated rings. The maximum absolute atomic E-state index is 11.1. The van der Waals surface area contributed by atoms with Gasteiger partial charge < -0.3 is 10.4 Å². The minimum Gasteiger partial charge on any atom is -0.478 e. The summed E-state index contributed by atoms with van der Waals surface area (Å²) in [5.74, 6) is -0.189. The first-order chi connectivity index (χ1) is 9.62. The van der Waals surface area contributed by atoms with Crippen molar-refractivity contribution >= 4 is 23.5 Å². The Kier molecular flexibility index (Phi) is 5.29. The van der Waals surface area contributed by atoms with Crippen molar-refractivity contribution in [3.63, 3.8) is 0 Å². The molecule has 1 aliphatic carbocycles. The molecule has 1 heterocycles. The lowest BCUT2D eigenvalue weighted by Gasteiger charge is -2.28. The van der Waals surface area contributed by atoms with E-state index in [1.54, 1.807) is 12.1 Å². The molecule has 1 aliphatic rings. The van der Waals surface area contributed by atoms with Gasteiger partial charge in [-0.3, -0.25) is 0 Å². The number of rotatable bonds is 5. The maximum atomic E-state index is 11.1. The summed E-state index contributed by atoms with van der Waals surface area (Å²) >= 11 is 1.95. The van der Waals surface area contributed by atoms with Gasteiger partial charge in [-0.25, -0.2) is 9.78 Å². The van der Waals surface area contributed by atoms with E-state index in [1.165, 1.54) is 12.8 Å². The van der Waals surface area contributed by atoms with E-state index in [-0.39, 0.29) is 0 Å². The fraction of sp³-hybridized carbons (Fsp3) is 0.600. The summed E-state index contributed by atoms with van der Waals surface area (Å²) in [5.41, 5.74) is 1.14. The van der Waals surface area contributed by atoms with Gasteiger partial charge in [-0.1, -0.05) is 6.92 Å². The van der Waals surface area contributed by atoms with Gasteiger partial charge >= 0.3 is 5.97 Å². The van der Waals surface area contributed by atoms with Gasteiger partial charge in [0.15, 0.2) is 0 Å². The van der Waals surface area contributed by atoms with Crippen LogP contribution in [0.1, 0.15) is 48.7 Å². The van der Waals surface area contributed by atoms with E-state index >= 15 is 0 Å². The molecule has 0 unspecified atom stereocenters. The zero-order valence-electron chi connectivity index (χ0n) is 12.1. The van der Waals surface area contributed by atoms with Crippen molar-refractivity contribution in [2.45, 2.75) is 50.3 Å². The van der Waals surface area contributed by atoms with Crippen LogP contribution in [-0.4, -0.2) is 33.6 Å². The number of thioether (sulfide) groups is 1. The number of nitrogens with zero attached hydrogens (tertiary/aromatic N) is 1. The number of anilines is 1. The molecule has 110 valence electrons. The molecular weight excluding hydrogens is 272 g/mol. The first kappa shape index (κ1) is 15.2. The molecule has 0 spiro atoms. The number of aromatic nitrogens is 1. The lowest BCUT2D eigenvalue weighted by atomic mass is 9.95. The molecule has 4 nitrogen and oxygen atoms in total. The molecule has 5 heteroatoms. The van der Waals surface area contributed by atoms with Crippen LogP contribution in [0.3, 0.4) is 0 Å². The Morgan fingerprint density at radius 2 is 2.10 bits per heavy atom. The third-order valence-electron chi connectivity index (χ3n) is 3.85. The summed E-state index contributed by atoms with van der Waals surface area (Å²) in [4.78, 5) is 15.6. The van der Waals surface area contributed by atoms with Crippen LogP contribution >= 0.6 is 11.8 Å². The molecule has 1 saturated carbocycles. The summed E-state index contributed by atoms with van der Waals surface area (Å²) in [6.45, 7) is 1.99. The van der Waals surface area contributed by atoms with E-state index in [0.717, 1.165) is 30.2 Å². The maximum Gasteiger partial charge on any atom is 0.335 e. The normalized spacial score (nSPS) is 22.5. The number of carboxylic acid groups (broad SMARTS) is 1. The number of aryl methyl sites for hydroxylation is 1. The van der Waals surface area contributed by atoms with E-state index in [9.17, 15) is 4.79 Å². The Morgan fingerprint density at radius 1 is 1.40 bits per heavy atom. The second kappa shape index (κ2) is 6.97. The third-order valence-corrected chi connectivity index (χ3v) is 4.99. The van der Waals surface area contributed by atoms with Gasteiger partial charge in [0.05, 0.1) is 5.56 Å². The van der Waals surface area contributed by atoms with Crippen LogP contribution < -0.4 is 5.32 Å². The molecule has 2 rings (SSSR count). The monoisotopic (exact) mass is 294 g/mol.